The summed E-state index contributed by atoms with van der Waals surface area (Å²) in [5.74, 6) is -0.276. The fraction of sp³-hybridized carbons (Fsp3) is 0.500. The van der Waals surface area contributed by atoms with Crippen molar-refractivity contribution < 1.29 is 9.59 Å². The zero-order valence-electron chi connectivity index (χ0n) is 10.8. The smallest absolute Gasteiger partial charge is 0.274 e. The van der Waals surface area contributed by atoms with Crippen LogP contribution in [-0.4, -0.2) is 47.0 Å². The van der Waals surface area contributed by atoms with Gasteiger partial charge in [0.15, 0.2) is 10.8 Å². The van der Waals surface area contributed by atoms with Crippen LogP contribution < -0.4 is 5.32 Å². The van der Waals surface area contributed by atoms with E-state index in [9.17, 15) is 9.59 Å². The molecule has 1 atom stereocenters. The van der Waals surface area contributed by atoms with E-state index in [0.29, 0.717) is 19.5 Å². The summed E-state index contributed by atoms with van der Waals surface area (Å²) in [6.45, 7) is 2.77. The lowest BCUT2D eigenvalue weighted by Gasteiger charge is -2.22. The molecule has 0 aromatic carbocycles. The number of rotatable bonds is 2. The van der Waals surface area contributed by atoms with Crippen molar-refractivity contribution in [3.8, 4) is 0 Å². The molecular weight excluding hydrogens is 268 g/mol. The van der Waals surface area contributed by atoms with Gasteiger partial charge in [0.2, 0.25) is 5.91 Å². The molecule has 6 nitrogen and oxygen atoms in total. The lowest BCUT2D eigenvalue weighted by atomic mass is 9.89. The van der Waals surface area contributed by atoms with E-state index in [-0.39, 0.29) is 22.7 Å². The van der Waals surface area contributed by atoms with Gasteiger partial charge in [0.1, 0.15) is 0 Å². The first-order valence-electron chi connectivity index (χ1n) is 5.97. The fourth-order valence-corrected chi connectivity index (χ4v) is 2.31. The number of halogens is 1. The summed E-state index contributed by atoms with van der Waals surface area (Å²) < 4.78 is 0. The lowest BCUT2D eigenvalue weighted by molar-refractivity contribution is -0.128. The standard InChI is InChI=1S/C12H15ClN4O2/c1-12(11(19)14-2)5-6-17(7-12)10(18)8-3-4-9(13)16-15-8/h3-4H,5-7H2,1-2H3,(H,14,19). The first-order valence-corrected chi connectivity index (χ1v) is 6.35. The maximum Gasteiger partial charge on any atom is 0.274 e. The molecule has 1 aliphatic rings. The molecule has 2 heterocycles. The largest absolute Gasteiger partial charge is 0.359 e. The van der Waals surface area contributed by atoms with Crippen LogP contribution in [0.25, 0.3) is 0 Å². The molecule has 1 fully saturated rings. The van der Waals surface area contributed by atoms with Crippen LogP contribution in [0.15, 0.2) is 12.1 Å². The van der Waals surface area contributed by atoms with Gasteiger partial charge >= 0.3 is 0 Å². The third kappa shape index (κ3) is 2.68. The number of amides is 2. The van der Waals surface area contributed by atoms with Crippen molar-refractivity contribution in [3.63, 3.8) is 0 Å². The number of nitrogens with zero attached hydrogens (tertiary/aromatic N) is 3. The summed E-state index contributed by atoms with van der Waals surface area (Å²) in [5.41, 5.74) is -0.296. The molecule has 1 saturated heterocycles. The minimum absolute atomic E-state index is 0.0509. The van der Waals surface area contributed by atoms with E-state index in [1.54, 1.807) is 11.9 Å². The summed E-state index contributed by atoms with van der Waals surface area (Å²) in [7, 11) is 1.60. The molecule has 2 amide bonds. The average molecular weight is 283 g/mol. The third-order valence-corrected chi connectivity index (χ3v) is 3.59. The van der Waals surface area contributed by atoms with Crippen LogP contribution in [0.5, 0.6) is 0 Å². The van der Waals surface area contributed by atoms with Gasteiger partial charge in [-0.2, -0.15) is 0 Å². The average Bonchev–Trinajstić information content (AvgIpc) is 2.82. The molecule has 102 valence electrons. The molecule has 0 radical (unpaired) electrons. The number of hydrogen-bond donors (Lipinski definition) is 1. The van der Waals surface area contributed by atoms with Crippen LogP contribution >= 0.6 is 11.6 Å². The highest BCUT2D eigenvalue weighted by atomic mass is 35.5. The van der Waals surface area contributed by atoms with E-state index in [1.807, 2.05) is 6.92 Å². The van der Waals surface area contributed by atoms with E-state index >= 15 is 0 Å². The Morgan fingerprint density at radius 1 is 1.42 bits per heavy atom. The van der Waals surface area contributed by atoms with Crippen molar-refractivity contribution in [1.29, 1.82) is 0 Å². The van der Waals surface area contributed by atoms with Crippen molar-refractivity contribution >= 4 is 23.4 Å². The molecule has 1 unspecified atom stereocenters. The molecule has 1 aliphatic heterocycles. The molecule has 0 saturated carbocycles. The predicted molar refractivity (Wildman–Crippen MR) is 69.7 cm³/mol. The molecule has 0 bridgehead atoms. The molecule has 1 aromatic rings. The first-order chi connectivity index (χ1) is 8.96. The van der Waals surface area contributed by atoms with Crippen LogP contribution in [0.2, 0.25) is 5.15 Å². The minimum Gasteiger partial charge on any atom is -0.359 e. The molecule has 1 aromatic heterocycles. The number of carbonyl (C=O) groups excluding carboxylic acids is 2. The van der Waals surface area contributed by atoms with Gasteiger partial charge in [-0.1, -0.05) is 11.6 Å². The molecule has 19 heavy (non-hydrogen) atoms. The van der Waals surface area contributed by atoms with E-state index in [0.717, 1.165) is 0 Å². The topological polar surface area (TPSA) is 75.2 Å². The van der Waals surface area contributed by atoms with E-state index in [1.165, 1.54) is 12.1 Å². The Morgan fingerprint density at radius 3 is 2.74 bits per heavy atom. The Kier molecular flexibility index (Phi) is 3.71. The minimum atomic E-state index is -0.537. The Bertz CT molecular complexity index is 505. The fourth-order valence-electron chi connectivity index (χ4n) is 2.21. The van der Waals surface area contributed by atoms with Gasteiger partial charge in [-0.15, -0.1) is 10.2 Å². The first kappa shape index (κ1) is 13.7. The Hall–Kier alpha value is -1.69. The van der Waals surface area contributed by atoms with Gasteiger partial charge in [0.05, 0.1) is 5.41 Å². The van der Waals surface area contributed by atoms with Gasteiger partial charge in [0, 0.05) is 20.1 Å². The summed E-state index contributed by atoms with van der Waals surface area (Å²) in [6, 6.07) is 3.06. The predicted octanol–water partition coefficient (Wildman–Crippen LogP) is 0.728. The monoisotopic (exact) mass is 282 g/mol. The molecular formula is C12H15ClN4O2. The Morgan fingerprint density at radius 2 is 2.16 bits per heavy atom. The van der Waals surface area contributed by atoms with E-state index < -0.39 is 5.41 Å². The van der Waals surface area contributed by atoms with Gasteiger partial charge in [-0.25, -0.2) is 0 Å². The number of nitrogens with one attached hydrogen (secondary N) is 1. The maximum absolute atomic E-state index is 12.2. The molecule has 0 aliphatic carbocycles. The zero-order chi connectivity index (χ0) is 14.0. The van der Waals surface area contributed by atoms with Crippen molar-refractivity contribution in [3.05, 3.63) is 23.0 Å². The number of carbonyl (C=O) groups is 2. The summed E-state index contributed by atoms with van der Waals surface area (Å²) in [6.07, 6.45) is 0.638. The molecule has 2 rings (SSSR count). The van der Waals surface area contributed by atoms with Gasteiger partial charge in [-0.3, -0.25) is 9.59 Å². The second kappa shape index (κ2) is 5.13. The normalized spacial score (nSPS) is 22.4. The number of likely N-dealkylation sites (tertiary alicyclic amines) is 1. The van der Waals surface area contributed by atoms with Crippen LogP contribution in [0.3, 0.4) is 0 Å². The van der Waals surface area contributed by atoms with E-state index in [4.69, 9.17) is 11.6 Å². The highest BCUT2D eigenvalue weighted by molar-refractivity contribution is 6.29. The second-order valence-electron chi connectivity index (χ2n) is 4.86. The van der Waals surface area contributed by atoms with Crippen molar-refractivity contribution in [2.24, 2.45) is 5.41 Å². The van der Waals surface area contributed by atoms with Gasteiger partial charge in [0.25, 0.3) is 5.91 Å². The lowest BCUT2D eigenvalue weighted by Crippen LogP contribution is -2.40. The molecule has 7 heteroatoms. The highest BCUT2D eigenvalue weighted by Crippen LogP contribution is 2.30. The third-order valence-electron chi connectivity index (χ3n) is 3.39. The highest BCUT2D eigenvalue weighted by Gasteiger charge is 2.41. The summed E-state index contributed by atoms with van der Waals surface area (Å²) in [4.78, 5) is 25.6. The quantitative estimate of drug-likeness (QED) is 0.868. The Balaban J connectivity index is 2.11. The van der Waals surface area contributed by atoms with E-state index in [2.05, 4.69) is 15.5 Å². The number of hydrogen-bond acceptors (Lipinski definition) is 4. The zero-order valence-corrected chi connectivity index (χ0v) is 11.6. The van der Waals surface area contributed by atoms with Crippen LogP contribution in [-0.2, 0) is 4.79 Å². The molecule has 1 N–H and O–H groups in total. The number of aromatic nitrogens is 2. The van der Waals surface area contributed by atoms with Crippen LogP contribution in [0.4, 0.5) is 0 Å². The van der Waals surface area contributed by atoms with Gasteiger partial charge < -0.3 is 10.2 Å². The van der Waals surface area contributed by atoms with Crippen LogP contribution in [0.1, 0.15) is 23.8 Å². The second-order valence-corrected chi connectivity index (χ2v) is 5.25. The summed E-state index contributed by atoms with van der Waals surface area (Å²) in [5, 5.41) is 10.3. The van der Waals surface area contributed by atoms with Gasteiger partial charge in [-0.05, 0) is 25.5 Å². The maximum atomic E-state index is 12.2. The Labute approximate surface area is 116 Å². The van der Waals surface area contributed by atoms with Crippen molar-refractivity contribution in [2.75, 3.05) is 20.1 Å². The summed E-state index contributed by atoms with van der Waals surface area (Å²) >= 11 is 5.63. The molecule has 0 spiro atoms. The van der Waals surface area contributed by atoms with Crippen molar-refractivity contribution in [2.45, 2.75) is 13.3 Å². The SMILES string of the molecule is CNC(=O)C1(C)CCN(C(=O)c2ccc(Cl)nn2)C1. The van der Waals surface area contributed by atoms with Crippen LogP contribution in [0, 0.1) is 5.41 Å². The van der Waals surface area contributed by atoms with Crippen molar-refractivity contribution in [1.82, 2.24) is 20.4 Å².